The van der Waals surface area contributed by atoms with E-state index >= 15 is 0 Å². The number of imidazole rings is 1. The third kappa shape index (κ3) is 3.92. The first kappa shape index (κ1) is 21.4. The summed E-state index contributed by atoms with van der Waals surface area (Å²) in [4.78, 5) is 18.6. The van der Waals surface area contributed by atoms with E-state index < -0.39 is 5.41 Å². The molecule has 0 radical (unpaired) electrons. The molecule has 1 aromatic heterocycles. The second-order valence-electron chi connectivity index (χ2n) is 8.54. The van der Waals surface area contributed by atoms with Crippen molar-refractivity contribution in [2.45, 2.75) is 51.1 Å². The van der Waals surface area contributed by atoms with E-state index in [-0.39, 0.29) is 18.0 Å². The summed E-state index contributed by atoms with van der Waals surface area (Å²) >= 11 is 0. The van der Waals surface area contributed by atoms with Crippen molar-refractivity contribution in [3.05, 3.63) is 59.9 Å². The summed E-state index contributed by atoms with van der Waals surface area (Å²) in [7, 11) is 1.65. The number of ether oxygens (including phenoxy) is 2. The molecule has 4 rings (SSSR count). The molecule has 6 heteroatoms. The van der Waals surface area contributed by atoms with E-state index in [9.17, 15) is 4.79 Å². The van der Waals surface area contributed by atoms with Crippen LogP contribution in [0.15, 0.2) is 48.5 Å². The predicted molar refractivity (Wildman–Crippen MR) is 121 cm³/mol. The Morgan fingerprint density at radius 2 is 1.77 bits per heavy atom. The number of aromatic nitrogens is 2. The van der Waals surface area contributed by atoms with Crippen molar-refractivity contribution >= 4 is 16.9 Å². The van der Waals surface area contributed by atoms with Crippen LogP contribution in [0.5, 0.6) is 5.75 Å². The smallest absolute Gasteiger partial charge is 0.231 e. The van der Waals surface area contributed by atoms with Crippen LogP contribution >= 0.6 is 0 Å². The van der Waals surface area contributed by atoms with Gasteiger partial charge in [0.2, 0.25) is 5.91 Å². The molecule has 6 nitrogen and oxygen atoms in total. The molecule has 0 saturated carbocycles. The third-order valence-electron chi connectivity index (χ3n) is 6.30. The molecule has 3 aromatic rings. The number of amides is 1. The number of nitrogens with one attached hydrogen (secondary N) is 1. The van der Waals surface area contributed by atoms with Gasteiger partial charge in [0.25, 0.3) is 0 Å². The van der Waals surface area contributed by atoms with Gasteiger partial charge in [-0.3, -0.25) is 4.79 Å². The van der Waals surface area contributed by atoms with Crippen molar-refractivity contribution < 1.29 is 14.3 Å². The minimum atomic E-state index is -0.618. The Morgan fingerprint density at radius 1 is 1.10 bits per heavy atom. The highest BCUT2D eigenvalue weighted by atomic mass is 16.5. The third-order valence-corrected chi connectivity index (χ3v) is 6.30. The van der Waals surface area contributed by atoms with Gasteiger partial charge in [-0.2, -0.15) is 0 Å². The van der Waals surface area contributed by atoms with E-state index in [4.69, 9.17) is 14.5 Å². The lowest BCUT2D eigenvalue weighted by Gasteiger charge is -2.37. The van der Waals surface area contributed by atoms with Gasteiger partial charge in [-0.25, -0.2) is 4.98 Å². The number of fused-ring (bicyclic) bond motifs is 1. The van der Waals surface area contributed by atoms with Crippen molar-refractivity contribution in [2.75, 3.05) is 20.3 Å². The van der Waals surface area contributed by atoms with Crippen LogP contribution in [0, 0.1) is 0 Å². The molecule has 0 unspecified atom stereocenters. The lowest BCUT2D eigenvalue weighted by atomic mass is 9.73. The van der Waals surface area contributed by atoms with Crippen molar-refractivity contribution in [1.82, 2.24) is 14.9 Å². The number of rotatable bonds is 6. The molecule has 0 spiro atoms. The summed E-state index contributed by atoms with van der Waals surface area (Å²) in [5, 5.41) is 3.28. The van der Waals surface area contributed by atoms with Gasteiger partial charge in [0.05, 0.1) is 29.6 Å². The summed E-state index contributed by atoms with van der Waals surface area (Å²) in [5.74, 6) is 1.68. The molecular formula is C25H31N3O3. The Kier molecular flexibility index (Phi) is 6.01. The molecule has 1 atom stereocenters. The fraction of sp³-hybridized carbons (Fsp3) is 0.440. The summed E-state index contributed by atoms with van der Waals surface area (Å²) in [5.41, 5.74) is 2.42. The molecule has 31 heavy (non-hydrogen) atoms. The number of para-hydroxylation sites is 2. The maximum atomic E-state index is 13.7. The molecule has 1 N–H and O–H groups in total. The normalized spacial score (nSPS) is 16.9. The Bertz CT molecular complexity index is 1050. The SMILES string of the molecule is COc1ccc(C2(C(=O)N[C@@H](C)c3nc4ccccc4n3C(C)C)CCOCC2)cc1. The largest absolute Gasteiger partial charge is 0.497 e. The summed E-state index contributed by atoms with van der Waals surface area (Å²) in [6.07, 6.45) is 1.30. The minimum absolute atomic E-state index is 0.0239. The number of benzene rings is 2. The van der Waals surface area contributed by atoms with Gasteiger partial charge in [0.15, 0.2) is 0 Å². The topological polar surface area (TPSA) is 65.4 Å². The van der Waals surface area contributed by atoms with Crippen LogP contribution < -0.4 is 10.1 Å². The second-order valence-corrected chi connectivity index (χ2v) is 8.54. The van der Waals surface area contributed by atoms with Gasteiger partial charge in [0, 0.05) is 19.3 Å². The van der Waals surface area contributed by atoms with Gasteiger partial charge >= 0.3 is 0 Å². The molecule has 1 amide bonds. The van der Waals surface area contributed by atoms with Crippen molar-refractivity contribution in [1.29, 1.82) is 0 Å². The van der Waals surface area contributed by atoms with E-state index in [1.807, 2.05) is 49.4 Å². The maximum absolute atomic E-state index is 13.7. The Balaban J connectivity index is 1.66. The highest BCUT2D eigenvalue weighted by Gasteiger charge is 2.42. The fourth-order valence-corrected chi connectivity index (χ4v) is 4.59. The zero-order valence-electron chi connectivity index (χ0n) is 18.7. The predicted octanol–water partition coefficient (Wildman–Crippen LogP) is 4.55. The van der Waals surface area contributed by atoms with Gasteiger partial charge < -0.3 is 19.4 Å². The van der Waals surface area contributed by atoms with Gasteiger partial charge in [-0.15, -0.1) is 0 Å². The number of carbonyl (C=O) groups excluding carboxylic acids is 1. The zero-order valence-corrected chi connectivity index (χ0v) is 18.7. The highest BCUT2D eigenvalue weighted by Crippen LogP contribution is 2.37. The zero-order chi connectivity index (χ0) is 22.0. The first-order chi connectivity index (χ1) is 15.0. The number of methoxy groups -OCH3 is 1. The van der Waals surface area contributed by atoms with E-state index in [2.05, 4.69) is 29.8 Å². The maximum Gasteiger partial charge on any atom is 0.231 e. The molecule has 1 saturated heterocycles. The number of nitrogens with zero attached hydrogens (tertiary/aromatic N) is 2. The first-order valence-corrected chi connectivity index (χ1v) is 11.0. The highest BCUT2D eigenvalue weighted by molar-refractivity contribution is 5.89. The van der Waals surface area contributed by atoms with Gasteiger partial charge in [0.1, 0.15) is 11.6 Å². The molecule has 2 aromatic carbocycles. The second kappa shape index (κ2) is 8.71. The molecule has 164 valence electrons. The molecule has 0 bridgehead atoms. The lowest BCUT2D eigenvalue weighted by molar-refractivity contribution is -0.131. The van der Waals surface area contributed by atoms with Crippen molar-refractivity contribution in [2.24, 2.45) is 0 Å². The number of hydrogen-bond acceptors (Lipinski definition) is 4. The van der Waals surface area contributed by atoms with Crippen molar-refractivity contribution in [3.63, 3.8) is 0 Å². The molecule has 2 heterocycles. The Labute approximate surface area is 183 Å². The number of hydrogen-bond donors (Lipinski definition) is 1. The van der Waals surface area contributed by atoms with Crippen LogP contribution in [0.2, 0.25) is 0 Å². The quantitative estimate of drug-likeness (QED) is 0.634. The van der Waals surface area contributed by atoms with E-state index in [0.29, 0.717) is 26.1 Å². The van der Waals surface area contributed by atoms with Crippen LogP contribution in [0.25, 0.3) is 11.0 Å². The summed E-state index contributed by atoms with van der Waals surface area (Å²) in [6, 6.07) is 16.0. The van der Waals surface area contributed by atoms with Gasteiger partial charge in [-0.05, 0) is 63.4 Å². The van der Waals surface area contributed by atoms with Crippen LogP contribution in [-0.4, -0.2) is 35.8 Å². The summed E-state index contributed by atoms with van der Waals surface area (Å²) < 4.78 is 13.1. The van der Waals surface area contributed by atoms with E-state index in [0.717, 1.165) is 28.2 Å². The van der Waals surface area contributed by atoms with E-state index in [1.165, 1.54) is 0 Å². The van der Waals surface area contributed by atoms with E-state index in [1.54, 1.807) is 7.11 Å². The minimum Gasteiger partial charge on any atom is -0.497 e. The molecule has 1 fully saturated rings. The van der Waals surface area contributed by atoms with Crippen LogP contribution in [0.1, 0.15) is 57.1 Å². The van der Waals surface area contributed by atoms with Crippen LogP contribution in [0.3, 0.4) is 0 Å². The first-order valence-electron chi connectivity index (χ1n) is 11.0. The summed E-state index contributed by atoms with van der Waals surface area (Å²) in [6.45, 7) is 7.43. The standard InChI is InChI=1S/C25H31N3O3/c1-17(2)28-22-8-6-5-7-21(22)27-23(28)18(3)26-24(29)25(13-15-31-16-14-25)19-9-11-20(30-4)12-10-19/h5-12,17-18H,13-16H2,1-4H3,(H,26,29)/t18-/m0/s1. The lowest BCUT2D eigenvalue weighted by Crippen LogP contribution is -2.49. The Hall–Kier alpha value is -2.86. The average molecular weight is 422 g/mol. The molecule has 0 aliphatic carbocycles. The Morgan fingerprint density at radius 3 is 2.42 bits per heavy atom. The van der Waals surface area contributed by atoms with Crippen molar-refractivity contribution in [3.8, 4) is 5.75 Å². The van der Waals surface area contributed by atoms with Gasteiger partial charge in [-0.1, -0.05) is 24.3 Å². The monoisotopic (exact) mass is 421 g/mol. The average Bonchev–Trinajstić information content (AvgIpc) is 3.19. The molecule has 1 aliphatic rings. The molecule has 1 aliphatic heterocycles. The molecular weight excluding hydrogens is 390 g/mol. The fourth-order valence-electron chi connectivity index (χ4n) is 4.59. The van der Waals surface area contributed by atoms with Crippen LogP contribution in [-0.2, 0) is 14.9 Å². The van der Waals surface area contributed by atoms with Crippen LogP contribution in [0.4, 0.5) is 0 Å². The number of carbonyl (C=O) groups is 1.